The number of carbonyl (C=O) groups is 1. The Morgan fingerprint density at radius 3 is 2.80 bits per heavy atom. The average Bonchev–Trinajstić information content (AvgIpc) is 2.92. The molecule has 1 aliphatic rings. The third kappa shape index (κ3) is 3.32. The molecule has 2 rings (SSSR count). The molecular weight excluding hydrogens is 298 g/mol. The van der Waals surface area contributed by atoms with Crippen LogP contribution in [0.2, 0.25) is 0 Å². The molecule has 20 heavy (non-hydrogen) atoms. The fourth-order valence-electron chi connectivity index (χ4n) is 1.74. The summed E-state index contributed by atoms with van der Waals surface area (Å²) < 4.78 is 25.2. The Morgan fingerprint density at radius 2 is 2.20 bits per heavy atom. The number of hydrogen-bond donors (Lipinski definition) is 2. The van der Waals surface area contributed by atoms with Crippen molar-refractivity contribution in [1.29, 1.82) is 0 Å². The Morgan fingerprint density at radius 1 is 1.45 bits per heavy atom. The zero-order chi connectivity index (χ0) is 14.8. The van der Waals surface area contributed by atoms with Crippen molar-refractivity contribution in [2.45, 2.75) is 10.9 Å². The van der Waals surface area contributed by atoms with Crippen LogP contribution in [0.25, 0.3) is 0 Å². The van der Waals surface area contributed by atoms with E-state index >= 15 is 0 Å². The van der Waals surface area contributed by atoms with Crippen molar-refractivity contribution in [1.82, 2.24) is 9.62 Å². The molecule has 6 nitrogen and oxygen atoms in total. The summed E-state index contributed by atoms with van der Waals surface area (Å²) in [6.45, 7) is 0. The molecule has 1 aromatic carbocycles. The van der Waals surface area contributed by atoms with Crippen LogP contribution in [-0.4, -0.2) is 50.4 Å². The summed E-state index contributed by atoms with van der Waals surface area (Å²) in [6.07, 6.45) is 0. The number of carbonyl (C=O) groups excluding carboxylic acids is 1. The van der Waals surface area contributed by atoms with E-state index in [-0.39, 0.29) is 16.8 Å². The van der Waals surface area contributed by atoms with Crippen LogP contribution in [-0.2, 0) is 14.8 Å². The van der Waals surface area contributed by atoms with Crippen molar-refractivity contribution >= 4 is 33.4 Å². The van der Waals surface area contributed by atoms with Gasteiger partial charge in [0.15, 0.2) is 0 Å². The second-order valence-corrected chi connectivity index (χ2v) is 7.76. The lowest BCUT2D eigenvalue weighted by Gasteiger charge is -2.14. The zero-order valence-corrected chi connectivity index (χ0v) is 12.9. The van der Waals surface area contributed by atoms with Gasteiger partial charge in [-0.25, -0.2) is 12.7 Å². The molecule has 0 spiro atoms. The maximum absolute atomic E-state index is 12.0. The monoisotopic (exact) mass is 315 g/mol. The summed E-state index contributed by atoms with van der Waals surface area (Å²) >= 11 is 1.66. The summed E-state index contributed by atoms with van der Waals surface area (Å²) in [4.78, 5) is 12.1. The van der Waals surface area contributed by atoms with Gasteiger partial charge in [0.05, 0.1) is 10.9 Å². The van der Waals surface area contributed by atoms with Gasteiger partial charge in [0.25, 0.3) is 0 Å². The van der Waals surface area contributed by atoms with Gasteiger partial charge in [0.1, 0.15) is 0 Å². The van der Waals surface area contributed by atoms with Crippen LogP contribution in [0.1, 0.15) is 0 Å². The topological polar surface area (TPSA) is 78.5 Å². The Balaban J connectivity index is 2.16. The summed E-state index contributed by atoms with van der Waals surface area (Å²) in [6, 6.07) is 6.04. The number of hydrogen-bond acceptors (Lipinski definition) is 5. The molecule has 1 amide bonds. The number of amides is 1. The molecule has 2 N–H and O–H groups in total. The Hall–Kier alpha value is -1.09. The van der Waals surface area contributed by atoms with E-state index < -0.39 is 10.0 Å². The third-order valence-electron chi connectivity index (χ3n) is 2.91. The van der Waals surface area contributed by atoms with E-state index in [2.05, 4.69) is 10.6 Å². The Kier molecular flexibility index (Phi) is 4.69. The molecule has 0 radical (unpaired) electrons. The van der Waals surface area contributed by atoms with Gasteiger partial charge in [0.2, 0.25) is 15.9 Å². The zero-order valence-electron chi connectivity index (χ0n) is 11.3. The van der Waals surface area contributed by atoms with Gasteiger partial charge < -0.3 is 5.32 Å². The molecule has 1 fully saturated rings. The predicted octanol–water partition coefficient (Wildman–Crippen LogP) is 0.538. The molecule has 0 aromatic heterocycles. The summed E-state index contributed by atoms with van der Waals surface area (Å²) in [5, 5.41) is 5.80. The van der Waals surface area contributed by atoms with Gasteiger partial charge in [-0.2, -0.15) is 0 Å². The lowest BCUT2D eigenvalue weighted by molar-refractivity contribution is -0.117. The molecule has 0 aliphatic carbocycles. The second kappa shape index (κ2) is 6.13. The van der Waals surface area contributed by atoms with E-state index in [1.54, 1.807) is 23.9 Å². The van der Waals surface area contributed by atoms with Crippen LogP contribution in [0, 0.1) is 0 Å². The molecule has 1 atom stereocenters. The smallest absolute Gasteiger partial charge is 0.242 e. The fourth-order valence-corrected chi connectivity index (χ4v) is 3.63. The standard InChI is InChI=1S/C12H17N3O3S2/c1-15(2)20(17,18)10-5-3-4-9(6-10)14-12(16)11-7-19-8-13-11/h3-6,11,13H,7-8H2,1-2H3,(H,14,16). The van der Waals surface area contributed by atoms with Crippen molar-refractivity contribution in [3.05, 3.63) is 24.3 Å². The highest BCUT2D eigenvalue weighted by atomic mass is 32.2. The first-order chi connectivity index (χ1) is 9.41. The van der Waals surface area contributed by atoms with Crippen LogP contribution in [0.15, 0.2) is 29.2 Å². The minimum Gasteiger partial charge on any atom is -0.325 e. The average molecular weight is 315 g/mol. The molecule has 1 saturated heterocycles. The predicted molar refractivity (Wildman–Crippen MR) is 80.2 cm³/mol. The van der Waals surface area contributed by atoms with Gasteiger partial charge in [-0.1, -0.05) is 6.07 Å². The van der Waals surface area contributed by atoms with Gasteiger partial charge in [-0.3, -0.25) is 10.1 Å². The molecule has 1 aliphatic heterocycles. The molecular formula is C12H17N3O3S2. The number of thioether (sulfide) groups is 1. The van der Waals surface area contributed by atoms with E-state index in [9.17, 15) is 13.2 Å². The SMILES string of the molecule is CN(C)S(=O)(=O)c1cccc(NC(=O)C2CSCN2)c1. The van der Waals surface area contributed by atoms with Gasteiger partial charge in [-0.05, 0) is 18.2 Å². The minimum absolute atomic E-state index is 0.144. The largest absolute Gasteiger partial charge is 0.325 e. The molecule has 0 saturated carbocycles. The number of rotatable bonds is 4. The number of sulfonamides is 1. The first-order valence-corrected chi connectivity index (χ1v) is 8.65. The number of nitrogens with one attached hydrogen (secondary N) is 2. The van der Waals surface area contributed by atoms with E-state index in [4.69, 9.17) is 0 Å². The van der Waals surface area contributed by atoms with Crippen molar-refractivity contribution in [2.24, 2.45) is 0 Å². The first kappa shape index (κ1) is 15.3. The van der Waals surface area contributed by atoms with Crippen LogP contribution in [0.5, 0.6) is 0 Å². The first-order valence-electron chi connectivity index (χ1n) is 6.06. The molecule has 1 heterocycles. The molecule has 1 unspecified atom stereocenters. The molecule has 0 bridgehead atoms. The van der Waals surface area contributed by atoms with Gasteiger partial charge in [-0.15, -0.1) is 11.8 Å². The van der Waals surface area contributed by atoms with Crippen molar-refractivity contribution in [3.8, 4) is 0 Å². The summed E-state index contributed by atoms with van der Waals surface area (Å²) in [5.74, 6) is 1.34. The van der Waals surface area contributed by atoms with Crippen LogP contribution >= 0.6 is 11.8 Å². The summed E-state index contributed by atoms with van der Waals surface area (Å²) in [7, 11) is -0.547. The summed E-state index contributed by atoms with van der Waals surface area (Å²) in [5.41, 5.74) is 0.483. The molecule has 8 heteroatoms. The highest BCUT2D eigenvalue weighted by Gasteiger charge is 2.23. The van der Waals surface area contributed by atoms with Crippen molar-refractivity contribution in [3.63, 3.8) is 0 Å². The van der Waals surface area contributed by atoms with Crippen LogP contribution in [0.3, 0.4) is 0 Å². The number of anilines is 1. The maximum atomic E-state index is 12.0. The molecule has 110 valence electrons. The van der Waals surface area contributed by atoms with E-state index in [1.165, 1.54) is 26.2 Å². The quantitative estimate of drug-likeness (QED) is 0.848. The minimum atomic E-state index is -3.49. The van der Waals surface area contributed by atoms with E-state index in [1.807, 2.05) is 0 Å². The fraction of sp³-hybridized carbons (Fsp3) is 0.417. The lowest BCUT2D eigenvalue weighted by atomic mass is 10.2. The van der Waals surface area contributed by atoms with Crippen molar-refractivity contribution < 1.29 is 13.2 Å². The van der Waals surface area contributed by atoms with Crippen LogP contribution < -0.4 is 10.6 Å². The van der Waals surface area contributed by atoms with Gasteiger partial charge >= 0.3 is 0 Å². The Labute approximate surface area is 123 Å². The normalized spacial score (nSPS) is 19.2. The number of benzene rings is 1. The lowest BCUT2D eigenvalue weighted by Crippen LogP contribution is -2.37. The maximum Gasteiger partial charge on any atom is 0.242 e. The van der Waals surface area contributed by atoms with Crippen molar-refractivity contribution in [2.75, 3.05) is 31.0 Å². The Bertz CT molecular complexity index is 596. The van der Waals surface area contributed by atoms with E-state index in [0.29, 0.717) is 5.69 Å². The van der Waals surface area contributed by atoms with Gasteiger partial charge in [0, 0.05) is 31.4 Å². The highest BCUT2D eigenvalue weighted by molar-refractivity contribution is 7.99. The van der Waals surface area contributed by atoms with Crippen LogP contribution in [0.4, 0.5) is 5.69 Å². The second-order valence-electron chi connectivity index (χ2n) is 4.58. The van der Waals surface area contributed by atoms with E-state index in [0.717, 1.165) is 15.9 Å². The number of nitrogens with zero attached hydrogens (tertiary/aromatic N) is 1. The third-order valence-corrected chi connectivity index (χ3v) is 5.66. The highest BCUT2D eigenvalue weighted by Crippen LogP contribution is 2.19. The molecule has 1 aromatic rings.